The molecule has 0 saturated carbocycles. The van der Waals surface area contributed by atoms with Gasteiger partial charge >= 0.3 is 6.18 Å². The zero-order valence-corrected chi connectivity index (χ0v) is 19.4. The summed E-state index contributed by atoms with van der Waals surface area (Å²) in [5, 5.41) is 7.13. The number of amides is 1. The SMILES string of the molecule is O=C(c1nn2c(c1Cl)N[C@@H](c1ccc(Br)cc1)C[C@H]2C(F)(F)F)N1CCN2CCC[C@@H]2C1. The Morgan fingerprint density at radius 2 is 1.94 bits per heavy atom. The van der Waals surface area contributed by atoms with E-state index in [4.69, 9.17) is 11.6 Å². The summed E-state index contributed by atoms with van der Waals surface area (Å²) >= 11 is 9.83. The summed E-state index contributed by atoms with van der Waals surface area (Å²) in [7, 11) is 0. The summed E-state index contributed by atoms with van der Waals surface area (Å²) in [5.41, 5.74) is 0.586. The summed E-state index contributed by atoms with van der Waals surface area (Å²) in [5.74, 6) is -0.373. The first-order valence-electron chi connectivity index (χ1n) is 10.6. The van der Waals surface area contributed by atoms with E-state index < -0.39 is 24.2 Å². The Bertz CT molecular complexity index is 1030. The van der Waals surface area contributed by atoms with Gasteiger partial charge in [0.1, 0.15) is 10.8 Å². The molecule has 6 nitrogen and oxygen atoms in total. The molecule has 1 N–H and O–H groups in total. The van der Waals surface area contributed by atoms with Crippen molar-refractivity contribution in [1.29, 1.82) is 0 Å². The van der Waals surface area contributed by atoms with Crippen molar-refractivity contribution in [3.05, 3.63) is 45.0 Å². The van der Waals surface area contributed by atoms with Gasteiger partial charge in [-0.15, -0.1) is 0 Å². The lowest BCUT2D eigenvalue weighted by Crippen LogP contribution is -2.52. The van der Waals surface area contributed by atoms with Gasteiger partial charge < -0.3 is 10.2 Å². The Hall–Kier alpha value is -1.78. The minimum absolute atomic E-state index is 0.0380. The lowest BCUT2D eigenvalue weighted by Gasteiger charge is -2.37. The van der Waals surface area contributed by atoms with Gasteiger partial charge in [0.15, 0.2) is 11.7 Å². The first-order chi connectivity index (χ1) is 15.2. The summed E-state index contributed by atoms with van der Waals surface area (Å²) in [6, 6.07) is 4.91. The Morgan fingerprint density at radius 1 is 1.19 bits per heavy atom. The van der Waals surface area contributed by atoms with Crippen LogP contribution in [0.4, 0.5) is 19.0 Å². The number of piperazine rings is 1. The molecule has 3 aliphatic heterocycles. The lowest BCUT2D eigenvalue weighted by molar-refractivity contribution is -0.173. The van der Waals surface area contributed by atoms with Gasteiger partial charge in [-0.05, 0) is 37.1 Å². The molecule has 4 heterocycles. The van der Waals surface area contributed by atoms with E-state index in [-0.39, 0.29) is 23.0 Å². The van der Waals surface area contributed by atoms with E-state index in [1.54, 1.807) is 29.2 Å². The second-order valence-electron chi connectivity index (χ2n) is 8.58. The van der Waals surface area contributed by atoms with Gasteiger partial charge in [-0.3, -0.25) is 9.69 Å². The van der Waals surface area contributed by atoms with Gasteiger partial charge in [0, 0.05) is 36.6 Å². The number of nitrogens with zero attached hydrogens (tertiary/aromatic N) is 4. The van der Waals surface area contributed by atoms with E-state index >= 15 is 0 Å². The van der Waals surface area contributed by atoms with E-state index in [9.17, 15) is 18.0 Å². The van der Waals surface area contributed by atoms with E-state index in [0.717, 1.165) is 35.1 Å². The van der Waals surface area contributed by atoms with Crippen molar-refractivity contribution < 1.29 is 18.0 Å². The van der Waals surface area contributed by atoms with Crippen LogP contribution in [-0.2, 0) is 0 Å². The van der Waals surface area contributed by atoms with Gasteiger partial charge in [-0.25, -0.2) is 4.68 Å². The minimum Gasteiger partial charge on any atom is -0.362 e. The molecule has 0 radical (unpaired) electrons. The van der Waals surface area contributed by atoms with Crippen molar-refractivity contribution in [3.8, 4) is 0 Å². The summed E-state index contributed by atoms with van der Waals surface area (Å²) in [6.07, 6.45) is -2.66. The molecule has 1 aromatic heterocycles. The molecule has 5 rings (SSSR count). The van der Waals surface area contributed by atoms with Gasteiger partial charge in [-0.1, -0.05) is 39.7 Å². The van der Waals surface area contributed by atoms with Gasteiger partial charge in [-0.2, -0.15) is 18.3 Å². The topological polar surface area (TPSA) is 53.4 Å². The van der Waals surface area contributed by atoms with Gasteiger partial charge in [0.2, 0.25) is 0 Å². The zero-order chi connectivity index (χ0) is 22.6. The molecule has 2 fully saturated rings. The highest BCUT2D eigenvalue weighted by molar-refractivity contribution is 9.10. The molecule has 32 heavy (non-hydrogen) atoms. The molecule has 2 aromatic rings. The molecule has 0 bridgehead atoms. The number of aromatic nitrogens is 2. The summed E-state index contributed by atoms with van der Waals surface area (Å²) in [4.78, 5) is 17.2. The van der Waals surface area contributed by atoms with Crippen LogP contribution in [0.2, 0.25) is 5.02 Å². The Balaban J connectivity index is 1.47. The largest absolute Gasteiger partial charge is 0.410 e. The molecular weight excluding hydrogens is 511 g/mol. The molecule has 0 unspecified atom stereocenters. The van der Waals surface area contributed by atoms with Crippen LogP contribution >= 0.6 is 27.5 Å². The minimum atomic E-state index is -4.53. The normalized spacial score (nSPS) is 25.9. The van der Waals surface area contributed by atoms with Crippen LogP contribution in [0.3, 0.4) is 0 Å². The van der Waals surface area contributed by atoms with Crippen molar-refractivity contribution in [3.63, 3.8) is 0 Å². The number of rotatable bonds is 2. The summed E-state index contributed by atoms with van der Waals surface area (Å²) in [6.45, 7) is 2.86. The standard InChI is InChI=1S/C21H22BrClF3N5O/c22-13-5-3-12(4-6-13)15-10-16(21(24,25)26)31-19(27-15)17(23)18(28-31)20(32)30-9-8-29-7-1-2-14(29)11-30/h3-6,14-16,27H,1-2,7-11H2/t14-,15-,16+/m1/s1. The van der Waals surface area contributed by atoms with Crippen LogP contribution in [0, 0.1) is 0 Å². The fourth-order valence-corrected chi connectivity index (χ4v) is 5.49. The van der Waals surface area contributed by atoms with Crippen molar-refractivity contribution in [2.75, 3.05) is 31.5 Å². The fourth-order valence-electron chi connectivity index (χ4n) is 4.97. The average Bonchev–Trinajstić information content (AvgIpc) is 3.36. The maximum absolute atomic E-state index is 14.0. The van der Waals surface area contributed by atoms with Crippen molar-refractivity contribution in [2.45, 2.75) is 43.6 Å². The van der Waals surface area contributed by atoms with Gasteiger partial charge in [0.25, 0.3) is 5.91 Å². The number of carbonyl (C=O) groups excluding carboxylic acids is 1. The number of benzene rings is 1. The third-order valence-electron chi connectivity index (χ3n) is 6.65. The smallest absolute Gasteiger partial charge is 0.362 e. The van der Waals surface area contributed by atoms with Crippen LogP contribution in [0.25, 0.3) is 0 Å². The first kappa shape index (κ1) is 22.0. The molecule has 3 atom stereocenters. The number of fused-ring (bicyclic) bond motifs is 2. The molecular formula is C21H22BrClF3N5O. The molecule has 172 valence electrons. The molecule has 3 aliphatic rings. The monoisotopic (exact) mass is 531 g/mol. The van der Waals surface area contributed by atoms with E-state index in [0.29, 0.717) is 24.7 Å². The van der Waals surface area contributed by atoms with Crippen molar-refractivity contribution in [2.24, 2.45) is 0 Å². The van der Waals surface area contributed by atoms with Crippen LogP contribution in [0.5, 0.6) is 0 Å². The Morgan fingerprint density at radius 3 is 2.66 bits per heavy atom. The van der Waals surface area contributed by atoms with Crippen LogP contribution in [0.1, 0.15) is 47.4 Å². The van der Waals surface area contributed by atoms with Crippen molar-refractivity contribution >= 4 is 39.3 Å². The molecule has 2 saturated heterocycles. The molecule has 11 heteroatoms. The van der Waals surface area contributed by atoms with E-state index in [1.165, 1.54) is 0 Å². The maximum atomic E-state index is 14.0. The third kappa shape index (κ3) is 3.90. The molecule has 1 amide bonds. The predicted octanol–water partition coefficient (Wildman–Crippen LogP) is 4.88. The quantitative estimate of drug-likeness (QED) is 0.599. The zero-order valence-electron chi connectivity index (χ0n) is 17.1. The van der Waals surface area contributed by atoms with Gasteiger partial charge in [0.05, 0.1) is 6.04 Å². The number of anilines is 1. The Labute approximate surface area is 196 Å². The number of hydrogen-bond acceptors (Lipinski definition) is 4. The van der Waals surface area contributed by atoms with E-state index in [2.05, 4.69) is 31.2 Å². The number of carbonyl (C=O) groups is 1. The average molecular weight is 533 g/mol. The summed E-state index contributed by atoms with van der Waals surface area (Å²) < 4.78 is 43.6. The number of hydrogen-bond donors (Lipinski definition) is 1. The number of halogens is 5. The highest BCUT2D eigenvalue weighted by Crippen LogP contribution is 2.46. The highest BCUT2D eigenvalue weighted by Gasteiger charge is 2.48. The predicted molar refractivity (Wildman–Crippen MR) is 118 cm³/mol. The van der Waals surface area contributed by atoms with Crippen molar-refractivity contribution in [1.82, 2.24) is 19.6 Å². The second kappa shape index (κ2) is 8.22. The molecule has 0 spiro atoms. The maximum Gasteiger partial charge on any atom is 0.410 e. The van der Waals surface area contributed by atoms with Crippen LogP contribution < -0.4 is 5.32 Å². The first-order valence-corrected chi connectivity index (χ1v) is 11.8. The number of alkyl halides is 3. The van der Waals surface area contributed by atoms with E-state index in [1.807, 2.05) is 0 Å². The second-order valence-corrected chi connectivity index (χ2v) is 9.87. The third-order valence-corrected chi connectivity index (χ3v) is 7.53. The fraction of sp³-hybridized carbons (Fsp3) is 0.524. The molecule has 1 aromatic carbocycles. The Kier molecular flexibility index (Phi) is 5.66. The lowest BCUT2D eigenvalue weighted by atomic mass is 9.97. The number of nitrogens with one attached hydrogen (secondary N) is 1. The van der Waals surface area contributed by atoms with Crippen LogP contribution in [0.15, 0.2) is 28.7 Å². The molecule has 0 aliphatic carbocycles. The highest BCUT2D eigenvalue weighted by atomic mass is 79.9. The van der Waals surface area contributed by atoms with Crippen LogP contribution in [-0.4, -0.2) is 63.9 Å².